The summed E-state index contributed by atoms with van der Waals surface area (Å²) in [6.07, 6.45) is 0. The van der Waals surface area contributed by atoms with E-state index < -0.39 is 41.2 Å². The molecule has 2 aliphatic rings. The summed E-state index contributed by atoms with van der Waals surface area (Å²) in [6.45, 7) is 1.38. The van der Waals surface area contributed by atoms with Gasteiger partial charge in [0, 0.05) is 18.7 Å². The Morgan fingerprint density at radius 1 is 1.33 bits per heavy atom. The lowest BCUT2D eigenvalue weighted by atomic mass is 9.80. The van der Waals surface area contributed by atoms with Gasteiger partial charge in [0.25, 0.3) is 0 Å². The zero-order valence-electron chi connectivity index (χ0n) is 13.4. The molecule has 2 heterocycles. The predicted molar refractivity (Wildman–Crippen MR) is 81.3 cm³/mol. The predicted octanol–water partition coefficient (Wildman–Crippen LogP) is 0.119. The number of carbonyl (C=O) groups is 3. The fraction of sp³-hybridized carbons (Fsp3) is 0.438. The molecular weight excluding hydrogens is 316 g/mol. The Bertz CT molecular complexity index is 748. The number of imide groups is 1. The van der Waals surface area contributed by atoms with E-state index in [-0.39, 0.29) is 11.5 Å². The summed E-state index contributed by atoms with van der Waals surface area (Å²) in [4.78, 5) is 37.7. The zero-order chi connectivity index (χ0) is 17.8. The van der Waals surface area contributed by atoms with E-state index in [1.54, 1.807) is 18.2 Å². The van der Waals surface area contributed by atoms with Crippen LogP contribution in [0.25, 0.3) is 0 Å². The molecule has 8 nitrogen and oxygen atoms in total. The SMILES string of the molecule is COc1cccc([C@@H]2N[C@](C)(C(=O)O)[C@H]3C(=O)N(C)C(=O)[C@@H]23)c1O. The van der Waals surface area contributed by atoms with Crippen LogP contribution < -0.4 is 10.1 Å². The minimum Gasteiger partial charge on any atom is -0.504 e. The first-order valence-corrected chi connectivity index (χ1v) is 7.42. The van der Waals surface area contributed by atoms with Crippen molar-refractivity contribution in [2.45, 2.75) is 18.5 Å². The average molecular weight is 334 g/mol. The number of benzene rings is 1. The molecule has 2 amide bonds. The van der Waals surface area contributed by atoms with Crippen LogP contribution in [0.4, 0.5) is 0 Å². The molecule has 1 aromatic rings. The number of amides is 2. The number of fused-ring (bicyclic) bond motifs is 1. The maximum atomic E-state index is 12.5. The molecule has 2 fully saturated rings. The van der Waals surface area contributed by atoms with E-state index in [0.29, 0.717) is 5.56 Å². The van der Waals surface area contributed by atoms with E-state index >= 15 is 0 Å². The third-order valence-electron chi connectivity index (χ3n) is 5.04. The number of ether oxygens (including phenoxy) is 1. The lowest BCUT2D eigenvalue weighted by Crippen LogP contribution is -2.53. The van der Waals surface area contributed by atoms with E-state index in [1.165, 1.54) is 21.1 Å². The van der Waals surface area contributed by atoms with Crippen molar-refractivity contribution in [2.24, 2.45) is 11.8 Å². The second-order valence-corrected chi connectivity index (χ2v) is 6.27. The Kier molecular flexibility index (Phi) is 3.52. The average Bonchev–Trinajstić information content (AvgIpc) is 2.98. The minimum atomic E-state index is -1.61. The number of likely N-dealkylation sites (tertiary alicyclic amines) is 1. The number of carboxylic acid groups (broad SMARTS) is 1. The van der Waals surface area contributed by atoms with Crippen molar-refractivity contribution in [2.75, 3.05) is 14.2 Å². The molecule has 3 rings (SSSR count). The lowest BCUT2D eigenvalue weighted by molar-refractivity contribution is -0.150. The summed E-state index contributed by atoms with van der Waals surface area (Å²) in [5.74, 6) is -4.13. The van der Waals surface area contributed by atoms with Crippen molar-refractivity contribution in [3.8, 4) is 11.5 Å². The molecule has 0 saturated carbocycles. The van der Waals surface area contributed by atoms with Crippen LogP contribution in [0, 0.1) is 11.8 Å². The fourth-order valence-corrected chi connectivity index (χ4v) is 3.70. The Hall–Kier alpha value is -2.61. The Labute approximate surface area is 138 Å². The summed E-state index contributed by atoms with van der Waals surface area (Å²) >= 11 is 0. The van der Waals surface area contributed by atoms with Crippen LogP contribution in [-0.4, -0.2) is 52.6 Å². The molecule has 4 atom stereocenters. The number of hydrogen-bond donors (Lipinski definition) is 3. The Morgan fingerprint density at radius 2 is 2.00 bits per heavy atom. The molecule has 8 heteroatoms. The molecule has 2 saturated heterocycles. The number of phenolic OH excluding ortho intramolecular Hbond substituents is 1. The van der Waals surface area contributed by atoms with Crippen LogP contribution in [-0.2, 0) is 14.4 Å². The summed E-state index contributed by atoms with van der Waals surface area (Å²) in [6, 6.07) is 3.95. The molecule has 2 aliphatic heterocycles. The lowest BCUT2D eigenvalue weighted by Gasteiger charge is -2.26. The molecule has 0 spiro atoms. The molecule has 24 heavy (non-hydrogen) atoms. The summed E-state index contributed by atoms with van der Waals surface area (Å²) < 4.78 is 5.07. The highest BCUT2D eigenvalue weighted by molar-refractivity contribution is 6.09. The van der Waals surface area contributed by atoms with E-state index in [4.69, 9.17) is 4.74 Å². The van der Waals surface area contributed by atoms with Crippen molar-refractivity contribution in [1.29, 1.82) is 0 Å². The van der Waals surface area contributed by atoms with Gasteiger partial charge in [0.1, 0.15) is 5.54 Å². The molecule has 1 aromatic carbocycles. The highest BCUT2D eigenvalue weighted by Crippen LogP contribution is 2.50. The van der Waals surface area contributed by atoms with Gasteiger partial charge < -0.3 is 14.9 Å². The number of methoxy groups -OCH3 is 1. The highest BCUT2D eigenvalue weighted by Gasteiger charge is 2.66. The second kappa shape index (κ2) is 5.20. The quantitative estimate of drug-likeness (QED) is 0.672. The number of nitrogens with zero attached hydrogens (tertiary/aromatic N) is 1. The summed E-state index contributed by atoms with van der Waals surface area (Å²) in [7, 11) is 2.73. The molecule has 0 aromatic heterocycles. The second-order valence-electron chi connectivity index (χ2n) is 6.27. The van der Waals surface area contributed by atoms with E-state index in [0.717, 1.165) is 4.90 Å². The van der Waals surface area contributed by atoms with Gasteiger partial charge in [-0.3, -0.25) is 24.6 Å². The first-order valence-electron chi connectivity index (χ1n) is 7.42. The molecule has 0 radical (unpaired) electrons. The maximum Gasteiger partial charge on any atom is 0.324 e. The molecule has 0 aliphatic carbocycles. The van der Waals surface area contributed by atoms with Gasteiger partial charge in [0.2, 0.25) is 11.8 Å². The summed E-state index contributed by atoms with van der Waals surface area (Å²) in [5.41, 5.74) is -1.28. The van der Waals surface area contributed by atoms with E-state index in [2.05, 4.69) is 5.32 Å². The van der Waals surface area contributed by atoms with Crippen molar-refractivity contribution in [3.05, 3.63) is 23.8 Å². The van der Waals surface area contributed by atoms with Gasteiger partial charge in [-0.15, -0.1) is 0 Å². The number of rotatable bonds is 3. The molecular formula is C16H18N2O6. The van der Waals surface area contributed by atoms with Gasteiger partial charge in [0.15, 0.2) is 11.5 Å². The minimum absolute atomic E-state index is 0.180. The fourth-order valence-electron chi connectivity index (χ4n) is 3.70. The van der Waals surface area contributed by atoms with E-state index in [9.17, 15) is 24.6 Å². The number of carbonyl (C=O) groups excluding carboxylic acids is 2. The van der Waals surface area contributed by atoms with Crippen LogP contribution in [0.3, 0.4) is 0 Å². The third kappa shape index (κ3) is 1.92. The Morgan fingerprint density at radius 3 is 2.58 bits per heavy atom. The number of aliphatic carboxylic acids is 1. The Balaban J connectivity index is 2.15. The van der Waals surface area contributed by atoms with Gasteiger partial charge in [-0.25, -0.2) is 0 Å². The van der Waals surface area contributed by atoms with Gasteiger partial charge in [0.05, 0.1) is 18.9 Å². The first-order chi connectivity index (χ1) is 11.2. The zero-order valence-corrected chi connectivity index (χ0v) is 13.4. The number of hydrogen-bond acceptors (Lipinski definition) is 6. The number of aromatic hydroxyl groups is 1. The number of carboxylic acids is 1. The number of phenols is 1. The van der Waals surface area contributed by atoms with Crippen LogP contribution >= 0.6 is 0 Å². The van der Waals surface area contributed by atoms with Crippen LogP contribution in [0.1, 0.15) is 18.5 Å². The van der Waals surface area contributed by atoms with Crippen molar-refractivity contribution in [1.82, 2.24) is 10.2 Å². The van der Waals surface area contributed by atoms with E-state index in [1.807, 2.05) is 0 Å². The van der Waals surface area contributed by atoms with Crippen LogP contribution in [0.2, 0.25) is 0 Å². The van der Waals surface area contributed by atoms with Gasteiger partial charge in [-0.1, -0.05) is 12.1 Å². The largest absolute Gasteiger partial charge is 0.504 e. The molecule has 128 valence electrons. The molecule has 3 N–H and O–H groups in total. The number of nitrogens with one attached hydrogen (secondary N) is 1. The van der Waals surface area contributed by atoms with Crippen LogP contribution in [0.5, 0.6) is 11.5 Å². The topological polar surface area (TPSA) is 116 Å². The molecule has 0 unspecified atom stereocenters. The monoisotopic (exact) mass is 334 g/mol. The van der Waals surface area contributed by atoms with Crippen molar-refractivity contribution in [3.63, 3.8) is 0 Å². The normalized spacial score (nSPS) is 32.1. The smallest absolute Gasteiger partial charge is 0.324 e. The van der Waals surface area contributed by atoms with Gasteiger partial charge in [-0.05, 0) is 13.0 Å². The maximum absolute atomic E-state index is 12.5. The van der Waals surface area contributed by atoms with Gasteiger partial charge >= 0.3 is 5.97 Å². The first kappa shape index (κ1) is 16.3. The number of para-hydroxylation sites is 1. The summed E-state index contributed by atoms with van der Waals surface area (Å²) in [5, 5.41) is 22.9. The standard InChI is InChI=1S/C16H18N2O6/c1-16(15(22)23)10-9(13(20)18(2)14(10)21)11(17-16)7-5-4-6-8(24-3)12(7)19/h4-6,9-11,17,19H,1-3H3,(H,22,23)/t9-,10-,11+,16+/m1/s1. The van der Waals surface area contributed by atoms with Crippen molar-refractivity contribution >= 4 is 17.8 Å². The highest BCUT2D eigenvalue weighted by atomic mass is 16.5. The third-order valence-corrected chi connectivity index (χ3v) is 5.04. The molecule has 0 bridgehead atoms. The van der Waals surface area contributed by atoms with Crippen LogP contribution in [0.15, 0.2) is 18.2 Å². The van der Waals surface area contributed by atoms with Crippen molar-refractivity contribution < 1.29 is 29.3 Å². The van der Waals surface area contributed by atoms with Gasteiger partial charge in [-0.2, -0.15) is 0 Å².